The molecule has 2 rings (SSSR count). The molecule has 20 heavy (non-hydrogen) atoms. The molecule has 0 saturated carbocycles. The normalized spacial score (nSPS) is 10.2. The van der Waals surface area contributed by atoms with Gasteiger partial charge in [0.25, 0.3) is 0 Å². The number of carbonyl (C=O) groups is 1. The van der Waals surface area contributed by atoms with E-state index in [2.05, 4.69) is 14.9 Å². The maximum absolute atomic E-state index is 11.5. The number of carbonyl (C=O) groups excluding carboxylic acids is 1. The van der Waals surface area contributed by atoms with Crippen LogP contribution in [0.2, 0.25) is 0 Å². The maximum Gasteiger partial charge on any atom is 0.309 e. The fourth-order valence-corrected chi connectivity index (χ4v) is 1.46. The van der Waals surface area contributed by atoms with Crippen LogP contribution in [0.4, 0.5) is 5.69 Å². The molecular formula is C13H15N3O4. The van der Waals surface area contributed by atoms with E-state index in [9.17, 15) is 4.79 Å². The highest BCUT2D eigenvalue weighted by Gasteiger charge is 2.09. The summed E-state index contributed by atoms with van der Waals surface area (Å²) in [5.41, 5.74) is 7.34. The molecule has 106 valence electrons. The smallest absolute Gasteiger partial charge is 0.309 e. The number of rotatable bonds is 6. The van der Waals surface area contributed by atoms with Crippen LogP contribution in [0.3, 0.4) is 0 Å². The van der Waals surface area contributed by atoms with E-state index in [1.165, 1.54) is 0 Å². The molecule has 0 bridgehead atoms. The van der Waals surface area contributed by atoms with Crippen LogP contribution >= 0.6 is 0 Å². The van der Waals surface area contributed by atoms with Gasteiger partial charge in [-0.3, -0.25) is 4.79 Å². The van der Waals surface area contributed by atoms with E-state index in [0.29, 0.717) is 22.8 Å². The molecule has 0 fully saturated rings. The molecule has 1 aromatic carbocycles. The molecule has 7 nitrogen and oxygen atoms in total. The van der Waals surface area contributed by atoms with Crippen LogP contribution in [-0.4, -0.2) is 22.9 Å². The van der Waals surface area contributed by atoms with Gasteiger partial charge in [-0.15, -0.1) is 0 Å². The number of aryl methyl sites for hydroxylation is 1. The lowest BCUT2D eigenvalue weighted by atomic mass is 10.3. The molecule has 0 unspecified atom stereocenters. The standard InChI is InChI=1S/C13H15N3O4/c1-9-12(16-20-15-9)8-19-13(17)5-6-18-11-4-2-3-10(14)7-11/h2-4,7H,5-6,8,14H2,1H3. The first-order valence-corrected chi connectivity index (χ1v) is 6.07. The zero-order chi connectivity index (χ0) is 14.4. The van der Waals surface area contributed by atoms with E-state index in [-0.39, 0.29) is 25.6 Å². The van der Waals surface area contributed by atoms with Crippen molar-refractivity contribution in [3.63, 3.8) is 0 Å². The topological polar surface area (TPSA) is 100 Å². The Hall–Kier alpha value is -2.57. The molecule has 0 aliphatic carbocycles. The fourth-order valence-electron chi connectivity index (χ4n) is 1.46. The van der Waals surface area contributed by atoms with Crippen LogP contribution in [0.25, 0.3) is 0 Å². The molecular weight excluding hydrogens is 262 g/mol. The lowest BCUT2D eigenvalue weighted by Gasteiger charge is -2.06. The van der Waals surface area contributed by atoms with Crippen molar-refractivity contribution in [2.24, 2.45) is 0 Å². The zero-order valence-electron chi connectivity index (χ0n) is 11.0. The Morgan fingerprint density at radius 2 is 2.25 bits per heavy atom. The number of hydrogen-bond acceptors (Lipinski definition) is 7. The predicted octanol–water partition coefficient (Wildman–Crippen LogP) is 1.47. The number of nitrogens with zero attached hydrogens (tertiary/aromatic N) is 2. The number of nitrogens with two attached hydrogens (primary N) is 1. The maximum atomic E-state index is 11.5. The lowest BCUT2D eigenvalue weighted by molar-refractivity contribution is -0.145. The molecule has 7 heteroatoms. The van der Waals surface area contributed by atoms with Gasteiger partial charge in [0, 0.05) is 11.8 Å². The molecule has 0 atom stereocenters. The molecule has 0 saturated heterocycles. The summed E-state index contributed by atoms with van der Waals surface area (Å²) in [5.74, 6) is 0.241. The first kappa shape index (κ1) is 13.9. The Labute approximate surface area is 115 Å². The van der Waals surface area contributed by atoms with E-state index in [4.69, 9.17) is 15.2 Å². The predicted molar refractivity (Wildman–Crippen MR) is 69.8 cm³/mol. The second-order valence-electron chi connectivity index (χ2n) is 4.13. The number of anilines is 1. The Balaban J connectivity index is 1.69. The first-order chi connectivity index (χ1) is 9.65. The van der Waals surface area contributed by atoms with Crippen molar-refractivity contribution in [1.82, 2.24) is 10.3 Å². The van der Waals surface area contributed by atoms with Gasteiger partial charge in [0.1, 0.15) is 23.7 Å². The van der Waals surface area contributed by atoms with Crippen molar-refractivity contribution in [2.75, 3.05) is 12.3 Å². The van der Waals surface area contributed by atoms with Gasteiger partial charge in [0.2, 0.25) is 0 Å². The van der Waals surface area contributed by atoms with Crippen LogP contribution in [0.5, 0.6) is 5.75 Å². The number of nitrogen functional groups attached to an aromatic ring is 1. The molecule has 0 radical (unpaired) electrons. The largest absolute Gasteiger partial charge is 0.493 e. The number of benzene rings is 1. The minimum Gasteiger partial charge on any atom is -0.493 e. The Bertz CT molecular complexity index is 583. The van der Waals surface area contributed by atoms with Crippen LogP contribution in [0.15, 0.2) is 28.9 Å². The summed E-state index contributed by atoms with van der Waals surface area (Å²) in [6, 6.07) is 7.00. The van der Waals surface area contributed by atoms with E-state index in [1.807, 2.05) is 0 Å². The molecule has 2 N–H and O–H groups in total. The molecule has 1 heterocycles. The van der Waals surface area contributed by atoms with Crippen molar-refractivity contribution < 1.29 is 18.9 Å². The van der Waals surface area contributed by atoms with E-state index < -0.39 is 0 Å². The number of hydrogen-bond donors (Lipinski definition) is 1. The van der Waals surface area contributed by atoms with Crippen LogP contribution in [0.1, 0.15) is 17.8 Å². The number of aromatic nitrogens is 2. The lowest BCUT2D eigenvalue weighted by Crippen LogP contribution is -2.10. The summed E-state index contributed by atoms with van der Waals surface area (Å²) in [4.78, 5) is 11.5. The van der Waals surface area contributed by atoms with E-state index in [1.54, 1.807) is 31.2 Å². The van der Waals surface area contributed by atoms with Crippen LogP contribution in [0, 0.1) is 6.92 Å². The summed E-state index contributed by atoms with van der Waals surface area (Å²) in [6.07, 6.45) is 0.138. The van der Waals surface area contributed by atoms with Crippen LogP contribution < -0.4 is 10.5 Å². The van der Waals surface area contributed by atoms with Crippen molar-refractivity contribution in [3.8, 4) is 5.75 Å². The van der Waals surface area contributed by atoms with Gasteiger partial charge in [-0.2, -0.15) is 0 Å². The van der Waals surface area contributed by atoms with Gasteiger partial charge in [-0.25, -0.2) is 4.63 Å². The third kappa shape index (κ3) is 3.98. The molecule has 1 aromatic heterocycles. The SMILES string of the molecule is Cc1nonc1COC(=O)CCOc1cccc(N)c1. The molecule has 0 aliphatic heterocycles. The second-order valence-corrected chi connectivity index (χ2v) is 4.13. The van der Waals surface area contributed by atoms with E-state index in [0.717, 1.165) is 0 Å². The Morgan fingerprint density at radius 3 is 2.95 bits per heavy atom. The monoisotopic (exact) mass is 277 g/mol. The van der Waals surface area contributed by atoms with Gasteiger partial charge >= 0.3 is 5.97 Å². The zero-order valence-corrected chi connectivity index (χ0v) is 11.0. The summed E-state index contributed by atoms with van der Waals surface area (Å²) < 4.78 is 14.9. The van der Waals surface area contributed by atoms with Gasteiger partial charge in [0.05, 0.1) is 13.0 Å². The van der Waals surface area contributed by atoms with Gasteiger partial charge in [-0.05, 0) is 19.1 Å². The van der Waals surface area contributed by atoms with Gasteiger partial charge in [0.15, 0.2) is 0 Å². The average Bonchev–Trinajstić information content (AvgIpc) is 2.82. The van der Waals surface area contributed by atoms with Gasteiger partial charge < -0.3 is 15.2 Å². The van der Waals surface area contributed by atoms with Crippen molar-refractivity contribution in [3.05, 3.63) is 35.7 Å². The molecule has 0 aliphatic rings. The Kier molecular flexibility index (Phi) is 4.54. The van der Waals surface area contributed by atoms with Crippen molar-refractivity contribution >= 4 is 11.7 Å². The summed E-state index contributed by atoms with van der Waals surface area (Å²) in [7, 11) is 0. The van der Waals surface area contributed by atoms with E-state index >= 15 is 0 Å². The third-order valence-electron chi connectivity index (χ3n) is 2.55. The molecule has 0 amide bonds. The third-order valence-corrected chi connectivity index (χ3v) is 2.55. The highest BCUT2D eigenvalue weighted by Crippen LogP contribution is 2.14. The number of esters is 1. The Morgan fingerprint density at radius 1 is 1.40 bits per heavy atom. The first-order valence-electron chi connectivity index (χ1n) is 6.07. The summed E-state index contributed by atoms with van der Waals surface area (Å²) in [6.45, 7) is 1.99. The number of ether oxygens (including phenoxy) is 2. The summed E-state index contributed by atoms with van der Waals surface area (Å²) in [5, 5.41) is 7.21. The highest BCUT2D eigenvalue weighted by molar-refractivity contribution is 5.69. The molecule has 2 aromatic rings. The van der Waals surface area contributed by atoms with Crippen LogP contribution in [-0.2, 0) is 16.1 Å². The quantitative estimate of drug-likeness (QED) is 0.630. The minimum atomic E-state index is -0.378. The average molecular weight is 277 g/mol. The van der Waals surface area contributed by atoms with Gasteiger partial charge in [-0.1, -0.05) is 16.4 Å². The highest BCUT2D eigenvalue weighted by atomic mass is 16.6. The minimum absolute atomic E-state index is 0.0481. The fraction of sp³-hybridized carbons (Fsp3) is 0.308. The van der Waals surface area contributed by atoms with Crippen molar-refractivity contribution in [2.45, 2.75) is 20.0 Å². The summed E-state index contributed by atoms with van der Waals surface area (Å²) >= 11 is 0. The molecule has 0 spiro atoms. The second kappa shape index (κ2) is 6.55. The van der Waals surface area contributed by atoms with Crippen molar-refractivity contribution in [1.29, 1.82) is 0 Å².